The van der Waals surface area contributed by atoms with Gasteiger partial charge >= 0.3 is 0 Å². The summed E-state index contributed by atoms with van der Waals surface area (Å²) in [5, 5.41) is 25.0. The van der Waals surface area contributed by atoms with Crippen LogP contribution in [0.25, 0.3) is 0 Å². The number of benzene rings is 1. The number of para-hydroxylation sites is 1. The predicted molar refractivity (Wildman–Crippen MR) is 89.9 cm³/mol. The van der Waals surface area contributed by atoms with Gasteiger partial charge in [-0.25, -0.2) is 0 Å². The molecule has 122 valence electrons. The lowest BCUT2D eigenvalue weighted by Gasteiger charge is -2.65. The summed E-state index contributed by atoms with van der Waals surface area (Å²) in [6.45, 7) is 7.06. The van der Waals surface area contributed by atoms with Crippen molar-refractivity contribution in [1.82, 2.24) is 0 Å². The van der Waals surface area contributed by atoms with Crippen molar-refractivity contribution in [1.29, 1.82) is 0 Å². The molecule has 4 atom stereocenters. The molecule has 1 aromatic rings. The van der Waals surface area contributed by atoms with Crippen LogP contribution in [0.5, 0.6) is 0 Å². The van der Waals surface area contributed by atoms with Gasteiger partial charge in [0.15, 0.2) is 0 Å². The smallest absolute Gasteiger partial charge is 0.111 e. The fourth-order valence-electron chi connectivity index (χ4n) is 4.63. The summed E-state index contributed by atoms with van der Waals surface area (Å²) in [7, 11) is 0. The Morgan fingerprint density at radius 1 is 1.23 bits per heavy atom. The van der Waals surface area contributed by atoms with E-state index < -0.39 is 11.7 Å². The highest BCUT2D eigenvalue weighted by Gasteiger charge is 2.64. The van der Waals surface area contributed by atoms with Crippen LogP contribution in [0.4, 0.5) is 5.69 Å². The lowest BCUT2D eigenvalue weighted by Crippen LogP contribution is -2.69. The van der Waals surface area contributed by atoms with Gasteiger partial charge in [-0.1, -0.05) is 45.4 Å². The van der Waals surface area contributed by atoms with Gasteiger partial charge in [-0.3, -0.25) is 0 Å². The van der Waals surface area contributed by atoms with Crippen LogP contribution in [0.2, 0.25) is 0 Å². The van der Waals surface area contributed by atoms with E-state index in [1.54, 1.807) is 0 Å². The second kappa shape index (κ2) is 5.54. The van der Waals surface area contributed by atoms with Crippen LogP contribution in [0, 0.1) is 17.3 Å². The van der Waals surface area contributed by atoms with Gasteiger partial charge < -0.3 is 15.5 Å². The zero-order chi connectivity index (χ0) is 16.0. The lowest BCUT2D eigenvalue weighted by molar-refractivity contribution is -0.247. The van der Waals surface area contributed by atoms with Crippen LogP contribution in [-0.2, 0) is 6.42 Å². The molecule has 3 aliphatic carbocycles. The average Bonchev–Trinajstić information content (AvgIpc) is 2.49. The van der Waals surface area contributed by atoms with Crippen LogP contribution in [0.15, 0.2) is 24.3 Å². The molecular formula is C19H29NO2. The second-order valence-corrected chi connectivity index (χ2v) is 7.81. The SMILES string of the molecule is CCCc1ccccc1NC[C@@]1(O)[C@@H]2C[C@H](C[C@@H]1O)C2(C)C. The van der Waals surface area contributed by atoms with E-state index in [1.165, 1.54) is 5.56 Å². The molecule has 0 saturated heterocycles. The minimum atomic E-state index is -1.02. The molecule has 2 bridgehead atoms. The van der Waals surface area contributed by atoms with Crippen LogP contribution in [0.3, 0.4) is 0 Å². The number of anilines is 1. The largest absolute Gasteiger partial charge is 0.390 e. The maximum atomic E-state index is 11.2. The van der Waals surface area contributed by atoms with E-state index in [9.17, 15) is 10.2 Å². The van der Waals surface area contributed by atoms with Gasteiger partial charge in [0.2, 0.25) is 0 Å². The monoisotopic (exact) mass is 303 g/mol. The Morgan fingerprint density at radius 3 is 2.64 bits per heavy atom. The number of hydrogen-bond acceptors (Lipinski definition) is 3. The molecule has 0 unspecified atom stereocenters. The zero-order valence-electron chi connectivity index (χ0n) is 14.0. The summed E-state index contributed by atoms with van der Waals surface area (Å²) in [6, 6.07) is 8.28. The molecule has 0 heterocycles. The molecule has 0 spiro atoms. The summed E-state index contributed by atoms with van der Waals surface area (Å²) >= 11 is 0. The van der Waals surface area contributed by atoms with Gasteiger partial charge in [-0.2, -0.15) is 0 Å². The van der Waals surface area contributed by atoms with E-state index in [-0.39, 0.29) is 11.3 Å². The number of aliphatic hydroxyl groups excluding tert-OH is 1. The van der Waals surface area contributed by atoms with Gasteiger partial charge in [0.25, 0.3) is 0 Å². The van der Waals surface area contributed by atoms with Crippen LogP contribution >= 0.6 is 0 Å². The highest BCUT2D eigenvalue weighted by molar-refractivity contribution is 5.51. The molecule has 3 aliphatic rings. The van der Waals surface area contributed by atoms with Crippen molar-refractivity contribution in [3.8, 4) is 0 Å². The molecule has 22 heavy (non-hydrogen) atoms. The van der Waals surface area contributed by atoms with Gasteiger partial charge in [0, 0.05) is 12.2 Å². The quantitative estimate of drug-likeness (QED) is 0.783. The van der Waals surface area contributed by atoms with E-state index in [0.717, 1.165) is 31.4 Å². The summed E-state index contributed by atoms with van der Waals surface area (Å²) in [6.07, 6.45) is 3.27. The molecule has 4 rings (SSSR count). The standard InChI is InChI=1S/C19H29NO2/c1-4-7-13-8-5-6-9-15(13)20-12-19(22)16-10-14(11-17(19)21)18(16,2)3/h5-6,8-9,14,16-17,20-22H,4,7,10-12H2,1-3H3/t14-,16-,17+,19-/m1/s1. The first-order valence-electron chi connectivity index (χ1n) is 8.61. The van der Waals surface area contributed by atoms with E-state index in [0.29, 0.717) is 12.5 Å². The van der Waals surface area contributed by atoms with Crippen molar-refractivity contribution >= 4 is 5.69 Å². The Balaban J connectivity index is 1.75. The highest BCUT2D eigenvalue weighted by Crippen LogP contribution is 2.62. The third kappa shape index (κ3) is 2.35. The van der Waals surface area contributed by atoms with Gasteiger partial charge in [0.05, 0.1) is 6.10 Å². The highest BCUT2D eigenvalue weighted by atomic mass is 16.3. The topological polar surface area (TPSA) is 52.5 Å². The van der Waals surface area contributed by atoms with E-state index in [2.05, 4.69) is 44.3 Å². The molecule has 0 amide bonds. The molecule has 3 heteroatoms. The van der Waals surface area contributed by atoms with E-state index in [1.807, 2.05) is 6.07 Å². The number of rotatable bonds is 5. The van der Waals surface area contributed by atoms with Crippen LogP contribution < -0.4 is 5.32 Å². The first kappa shape index (κ1) is 15.8. The Bertz CT molecular complexity index is 542. The van der Waals surface area contributed by atoms with E-state index in [4.69, 9.17) is 0 Å². The van der Waals surface area contributed by atoms with Crippen molar-refractivity contribution < 1.29 is 10.2 Å². The molecule has 0 radical (unpaired) electrons. The summed E-state index contributed by atoms with van der Waals surface area (Å²) in [5.41, 5.74) is 1.49. The third-order valence-electron chi connectivity index (χ3n) is 6.26. The molecule has 0 aromatic heterocycles. The molecule has 3 N–H and O–H groups in total. The van der Waals surface area contributed by atoms with Crippen molar-refractivity contribution in [2.24, 2.45) is 17.3 Å². The second-order valence-electron chi connectivity index (χ2n) is 7.81. The van der Waals surface area contributed by atoms with Crippen molar-refractivity contribution in [2.75, 3.05) is 11.9 Å². The minimum absolute atomic E-state index is 0.137. The van der Waals surface area contributed by atoms with Crippen LogP contribution in [0.1, 0.15) is 45.6 Å². The number of fused-ring (bicyclic) bond motifs is 2. The fourth-order valence-corrected chi connectivity index (χ4v) is 4.63. The number of aryl methyl sites for hydroxylation is 1. The third-order valence-corrected chi connectivity index (χ3v) is 6.26. The lowest BCUT2D eigenvalue weighted by atomic mass is 9.43. The van der Waals surface area contributed by atoms with Crippen molar-refractivity contribution in [2.45, 2.75) is 58.2 Å². The van der Waals surface area contributed by atoms with Gasteiger partial charge in [0.1, 0.15) is 5.60 Å². The molecule has 3 fully saturated rings. The van der Waals surface area contributed by atoms with Gasteiger partial charge in [-0.15, -0.1) is 0 Å². The fraction of sp³-hybridized carbons (Fsp3) is 0.684. The van der Waals surface area contributed by atoms with Crippen molar-refractivity contribution in [3.05, 3.63) is 29.8 Å². The first-order valence-corrected chi connectivity index (χ1v) is 8.61. The first-order chi connectivity index (χ1) is 10.4. The number of hydrogen-bond donors (Lipinski definition) is 3. The maximum absolute atomic E-state index is 11.2. The van der Waals surface area contributed by atoms with Gasteiger partial charge in [-0.05, 0) is 48.1 Å². The van der Waals surface area contributed by atoms with E-state index >= 15 is 0 Å². The molecular weight excluding hydrogens is 274 g/mol. The summed E-state index contributed by atoms with van der Waals surface area (Å²) in [4.78, 5) is 0. The Labute approximate surface area is 133 Å². The Kier molecular flexibility index (Phi) is 3.98. The predicted octanol–water partition coefficient (Wildman–Crippen LogP) is 3.21. The molecule has 0 aliphatic heterocycles. The Hall–Kier alpha value is -1.06. The maximum Gasteiger partial charge on any atom is 0.111 e. The zero-order valence-corrected chi connectivity index (χ0v) is 14.0. The minimum Gasteiger partial charge on any atom is -0.390 e. The Morgan fingerprint density at radius 2 is 1.95 bits per heavy atom. The molecule has 3 nitrogen and oxygen atoms in total. The molecule has 1 aromatic carbocycles. The van der Waals surface area contributed by atoms with Crippen LogP contribution in [-0.4, -0.2) is 28.5 Å². The number of aliphatic hydroxyl groups is 2. The summed E-state index contributed by atoms with van der Waals surface area (Å²) in [5.74, 6) is 0.736. The van der Waals surface area contributed by atoms with Crippen molar-refractivity contribution in [3.63, 3.8) is 0 Å². The summed E-state index contributed by atoms with van der Waals surface area (Å²) < 4.78 is 0. The number of nitrogens with one attached hydrogen (secondary N) is 1. The average molecular weight is 303 g/mol. The normalized spacial score (nSPS) is 35.8. The molecule has 3 saturated carbocycles.